The molecular formula is C32H25ClN2O5. The molecule has 5 rings (SSSR count). The molecule has 0 radical (unpaired) electrons. The predicted octanol–water partition coefficient (Wildman–Crippen LogP) is 6.47. The van der Waals surface area contributed by atoms with Gasteiger partial charge in [0.25, 0.3) is 11.8 Å². The smallest absolute Gasteiger partial charge is 0.335 e. The normalized spacial score (nSPS) is 14.3. The molecule has 0 aromatic heterocycles. The molecule has 4 aromatic carbocycles. The summed E-state index contributed by atoms with van der Waals surface area (Å²) in [6.45, 7) is 2.71. The quantitative estimate of drug-likeness (QED) is 0.200. The summed E-state index contributed by atoms with van der Waals surface area (Å²) in [5, 5.41) is 2.84. The first-order valence-electron chi connectivity index (χ1n) is 12.5. The number of amides is 4. The zero-order chi connectivity index (χ0) is 28.1. The van der Waals surface area contributed by atoms with E-state index in [1.807, 2.05) is 43.3 Å². The monoisotopic (exact) mass is 552 g/mol. The third kappa shape index (κ3) is 6.22. The molecule has 8 heteroatoms. The van der Waals surface area contributed by atoms with Gasteiger partial charge in [-0.15, -0.1) is 0 Å². The molecule has 0 bridgehead atoms. The van der Waals surface area contributed by atoms with E-state index in [1.165, 1.54) is 6.08 Å². The van der Waals surface area contributed by atoms with Crippen molar-refractivity contribution in [3.8, 4) is 11.5 Å². The van der Waals surface area contributed by atoms with Crippen molar-refractivity contribution in [2.24, 2.45) is 0 Å². The third-order valence-corrected chi connectivity index (χ3v) is 6.60. The molecule has 0 saturated carbocycles. The van der Waals surface area contributed by atoms with Crippen LogP contribution in [0.15, 0.2) is 103 Å². The molecule has 0 atom stereocenters. The molecule has 0 aliphatic carbocycles. The summed E-state index contributed by atoms with van der Waals surface area (Å²) in [7, 11) is 0. The summed E-state index contributed by atoms with van der Waals surface area (Å²) in [5.74, 6) is -0.300. The van der Waals surface area contributed by atoms with Gasteiger partial charge in [0.05, 0.1) is 5.69 Å². The zero-order valence-electron chi connectivity index (χ0n) is 21.6. The fourth-order valence-corrected chi connectivity index (χ4v) is 4.35. The molecule has 200 valence electrons. The summed E-state index contributed by atoms with van der Waals surface area (Å²) in [5.41, 5.74) is 3.79. The number of rotatable bonds is 8. The lowest BCUT2D eigenvalue weighted by Gasteiger charge is -2.26. The standard InChI is InChI=1S/C32H25ClN2O5/c1-21-5-4-6-23(17-21)19-39-26-13-9-22(10-14-26)18-28-30(36)34-32(38)35(31(28)37)25-11-15-27(16-12-25)40-20-24-7-2-3-8-29(24)33/h2-18H,19-20H2,1H3,(H,34,36,38)/b28-18+. The number of barbiturate groups is 1. The minimum Gasteiger partial charge on any atom is -0.489 e. The van der Waals surface area contributed by atoms with Crippen molar-refractivity contribution in [3.63, 3.8) is 0 Å². The molecule has 1 aliphatic heterocycles. The molecule has 1 fully saturated rings. The van der Waals surface area contributed by atoms with Gasteiger partial charge in [0.1, 0.15) is 30.3 Å². The Morgan fingerprint density at radius 1 is 0.800 bits per heavy atom. The Labute approximate surface area is 236 Å². The van der Waals surface area contributed by atoms with Gasteiger partial charge in [0, 0.05) is 10.6 Å². The highest BCUT2D eigenvalue weighted by Gasteiger charge is 2.36. The van der Waals surface area contributed by atoms with Crippen LogP contribution in [0.3, 0.4) is 0 Å². The number of hydrogen-bond acceptors (Lipinski definition) is 5. The maximum atomic E-state index is 13.2. The first kappa shape index (κ1) is 26.7. The molecule has 4 amide bonds. The molecule has 1 saturated heterocycles. The molecule has 1 aliphatic rings. The number of nitrogens with zero attached hydrogens (tertiary/aromatic N) is 1. The number of carbonyl (C=O) groups excluding carboxylic acids is 3. The van der Waals surface area contributed by atoms with Gasteiger partial charge in [0.2, 0.25) is 0 Å². The number of imide groups is 2. The van der Waals surface area contributed by atoms with E-state index >= 15 is 0 Å². The van der Waals surface area contributed by atoms with Crippen LogP contribution in [0.4, 0.5) is 10.5 Å². The van der Waals surface area contributed by atoms with Gasteiger partial charge in [-0.1, -0.05) is 71.8 Å². The van der Waals surface area contributed by atoms with E-state index in [2.05, 4.69) is 11.4 Å². The van der Waals surface area contributed by atoms with Crippen LogP contribution in [0.25, 0.3) is 6.08 Å². The maximum absolute atomic E-state index is 13.2. The summed E-state index contributed by atoms with van der Waals surface area (Å²) >= 11 is 6.17. The van der Waals surface area contributed by atoms with Crippen LogP contribution in [0, 0.1) is 6.92 Å². The van der Waals surface area contributed by atoms with Gasteiger partial charge >= 0.3 is 6.03 Å². The van der Waals surface area contributed by atoms with Gasteiger partial charge in [-0.05, 0) is 66.6 Å². The van der Waals surface area contributed by atoms with E-state index in [4.69, 9.17) is 21.1 Å². The van der Waals surface area contributed by atoms with E-state index in [0.29, 0.717) is 34.4 Å². The largest absolute Gasteiger partial charge is 0.489 e. The van der Waals surface area contributed by atoms with E-state index < -0.39 is 17.8 Å². The first-order chi connectivity index (χ1) is 19.4. The van der Waals surface area contributed by atoms with Crippen LogP contribution in [-0.4, -0.2) is 17.8 Å². The summed E-state index contributed by atoms with van der Waals surface area (Å²) in [4.78, 5) is 39.3. The molecular weight excluding hydrogens is 528 g/mol. The van der Waals surface area contributed by atoms with Crippen molar-refractivity contribution in [3.05, 3.63) is 130 Å². The first-order valence-corrected chi connectivity index (χ1v) is 12.9. The van der Waals surface area contributed by atoms with Crippen molar-refractivity contribution >= 4 is 41.2 Å². The highest BCUT2D eigenvalue weighted by atomic mass is 35.5. The third-order valence-electron chi connectivity index (χ3n) is 6.23. The number of hydrogen-bond donors (Lipinski definition) is 1. The second-order valence-electron chi connectivity index (χ2n) is 9.18. The van der Waals surface area contributed by atoms with Crippen molar-refractivity contribution in [1.29, 1.82) is 0 Å². The number of benzene rings is 4. The molecule has 7 nitrogen and oxygen atoms in total. The molecule has 1 N–H and O–H groups in total. The van der Waals surface area contributed by atoms with E-state index in [0.717, 1.165) is 21.6 Å². The average molecular weight is 553 g/mol. The zero-order valence-corrected chi connectivity index (χ0v) is 22.4. The number of aryl methyl sites for hydroxylation is 1. The molecule has 1 heterocycles. The van der Waals surface area contributed by atoms with Crippen molar-refractivity contribution < 1.29 is 23.9 Å². The number of urea groups is 1. The second kappa shape index (κ2) is 11.9. The lowest BCUT2D eigenvalue weighted by atomic mass is 10.1. The Balaban J connectivity index is 1.27. The number of nitrogens with one attached hydrogen (secondary N) is 1. The minimum atomic E-state index is -0.822. The second-order valence-corrected chi connectivity index (χ2v) is 9.59. The van der Waals surface area contributed by atoms with Crippen LogP contribution in [-0.2, 0) is 22.8 Å². The lowest BCUT2D eigenvalue weighted by molar-refractivity contribution is -0.122. The SMILES string of the molecule is Cc1cccc(COc2ccc(/C=C3\C(=O)NC(=O)N(c4ccc(OCc5ccccc5Cl)cc4)C3=O)cc2)c1. The summed E-state index contributed by atoms with van der Waals surface area (Å²) in [6, 6.07) is 28.0. The highest BCUT2D eigenvalue weighted by molar-refractivity contribution is 6.39. The van der Waals surface area contributed by atoms with Crippen LogP contribution in [0.2, 0.25) is 5.02 Å². The van der Waals surface area contributed by atoms with Gasteiger partial charge in [-0.2, -0.15) is 0 Å². The molecule has 40 heavy (non-hydrogen) atoms. The highest BCUT2D eigenvalue weighted by Crippen LogP contribution is 2.26. The van der Waals surface area contributed by atoms with Crippen LogP contribution in [0.5, 0.6) is 11.5 Å². The Kier molecular flexibility index (Phi) is 7.94. The number of halogens is 1. The van der Waals surface area contributed by atoms with Crippen LogP contribution < -0.4 is 19.7 Å². The lowest BCUT2D eigenvalue weighted by Crippen LogP contribution is -2.54. The van der Waals surface area contributed by atoms with Gasteiger partial charge < -0.3 is 9.47 Å². The van der Waals surface area contributed by atoms with Crippen LogP contribution in [0.1, 0.15) is 22.3 Å². The minimum absolute atomic E-state index is 0.160. The predicted molar refractivity (Wildman–Crippen MR) is 153 cm³/mol. The van der Waals surface area contributed by atoms with E-state index in [1.54, 1.807) is 54.6 Å². The summed E-state index contributed by atoms with van der Waals surface area (Å²) < 4.78 is 11.6. The number of carbonyl (C=O) groups is 3. The van der Waals surface area contributed by atoms with Crippen molar-refractivity contribution in [1.82, 2.24) is 5.32 Å². The molecule has 0 unspecified atom stereocenters. The fraction of sp³-hybridized carbons (Fsp3) is 0.0938. The molecule has 0 spiro atoms. The fourth-order valence-electron chi connectivity index (χ4n) is 4.16. The van der Waals surface area contributed by atoms with Crippen molar-refractivity contribution in [2.75, 3.05) is 4.90 Å². The van der Waals surface area contributed by atoms with Gasteiger partial charge in [-0.3, -0.25) is 14.9 Å². The van der Waals surface area contributed by atoms with Gasteiger partial charge in [-0.25, -0.2) is 9.69 Å². The number of ether oxygens (including phenoxy) is 2. The van der Waals surface area contributed by atoms with Crippen LogP contribution >= 0.6 is 11.6 Å². The van der Waals surface area contributed by atoms with Crippen molar-refractivity contribution in [2.45, 2.75) is 20.1 Å². The Morgan fingerprint density at radius 2 is 1.48 bits per heavy atom. The summed E-state index contributed by atoms with van der Waals surface area (Å²) in [6.07, 6.45) is 1.45. The topological polar surface area (TPSA) is 84.9 Å². The van der Waals surface area contributed by atoms with E-state index in [9.17, 15) is 14.4 Å². The Bertz CT molecular complexity index is 1600. The Morgan fingerprint density at radius 3 is 2.17 bits per heavy atom. The maximum Gasteiger partial charge on any atom is 0.335 e. The average Bonchev–Trinajstić information content (AvgIpc) is 2.95. The molecule has 4 aromatic rings. The van der Waals surface area contributed by atoms with E-state index in [-0.39, 0.29) is 12.2 Å². The van der Waals surface area contributed by atoms with Gasteiger partial charge in [0.15, 0.2) is 0 Å². The Hall–Kier alpha value is -4.88. The number of anilines is 1.